The summed E-state index contributed by atoms with van der Waals surface area (Å²) in [6.45, 7) is 0. The minimum absolute atomic E-state index is 0.148. The van der Waals surface area contributed by atoms with Crippen molar-refractivity contribution in [2.75, 3.05) is 0 Å². The van der Waals surface area contributed by atoms with E-state index < -0.39 is 7.82 Å². The van der Waals surface area contributed by atoms with Gasteiger partial charge in [0.15, 0.2) is 0 Å². The van der Waals surface area contributed by atoms with Crippen LogP contribution in [0.1, 0.15) is 22.3 Å². The van der Waals surface area contributed by atoms with Crippen LogP contribution in [0.4, 0.5) is 0 Å². The molecule has 0 saturated heterocycles. The van der Waals surface area contributed by atoms with Crippen molar-refractivity contribution >= 4 is 7.82 Å². The molecule has 0 radical (unpaired) electrons. The van der Waals surface area contributed by atoms with E-state index >= 15 is 0 Å². The van der Waals surface area contributed by atoms with Crippen molar-refractivity contribution in [1.29, 1.82) is 0 Å². The largest absolute Gasteiger partial charge is 0.524 e. The number of rotatable bonds is 8. The Balaban J connectivity index is 1.50. The van der Waals surface area contributed by atoms with Gasteiger partial charge in [0.05, 0.1) is 0 Å². The molecular weight excluding hydrogens is 479 g/mol. The van der Waals surface area contributed by atoms with Crippen LogP contribution in [0.15, 0.2) is 127 Å². The van der Waals surface area contributed by atoms with E-state index in [0.717, 1.165) is 35.1 Å². The lowest BCUT2D eigenvalue weighted by Crippen LogP contribution is -1.96. The van der Waals surface area contributed by atoms with E-state index in [4.69, 9.17) is 4.52 Å². The Morgan fingerprint density at radius 3 is 1.46 bits per heavy atom. The van der Waals surface area contributed by atoms with Crippen LogP contribution >= 0.6 is 7.82 Å². The summed E-state index contributed by atoms with van der Waals surface area (Å²) in [5.41, 5.74) is 8.04. The summed E-state index contributed by atoms with van der Waals surface area (Å²) < 4.78 is 16.9. The topological polar surface area (TPSA) is 66.8 Å². The van der Waals surface area contributed by atoms with Gasteiger partial charge in [-0.15, -0.1) is 0 Å². The van der Waals surface area contributed by atoms with Gasteiger partial charge >= 0.3 is 7.82 Å². The van der Waals surface area contributed by atoms with E-state index in [1.807, 2.05) is 78.9 Å². The van der Waals surface area contributed by atoms with Gasteiger partial charge < -0.3 is 4.52 Å². The lowest BCUT2D eigenvalue weighted by molar-refractivity contribution is 0.283. The van der Waals surface area contributed by atoms with Crippen molar-refractivity contribution in [3.8, 4) is 28.0 Å². The van der Waals surface area contributed by atoms with Gasteiger partial charge in [-0.2, -0.15) is 0 Å². The highest BCUT2D eigenvalue weighted by Crippen LogP contribution is 2.46. The summed E-state index contributed by atoms with van der Waals surface area (Å²) in [5, 5.41) is 0. The fourth-order valence-electron chi connectivity index (χ4n) is 4.53. The molecule has 0 bridgehead atoms. The SMILES string of the molecule is O=P(O)(O)Oc1cccc(-c2ccc(Cc3ccccc3)cc2)c1-c1ccc(Cc2ccccc2)cc1. The Kier molecular flexibility index (Phi) is 7.34. The first kappa shape index (κ1) is 24.7. The molecule has 0 heterocycles. The smallest absolute Gasteiger partial charge is 0.404 e. The zero-order valence-electron chi connectivity index (χ0n) is 20.2. The molecular formula is C32H27O4P. The Hall–Kier alpha value is -3.95. The van der Waals surface area contributed by atoms with Crippen molar-refractivity contribution in [3.05, 3.63) is 150 Å². The van der Waals surface area contributed by atoms with Gasteiger partial charge in [-0.05, 0) is 57.9 Å². The molecule has 0 spiro atoms. The lowest BCUT2D eigenvalue weighted by Gasteiger charge is -2.17. The predicted octanol–water partition coefficient (Wildman–Crippen LogP) is 7.67. The molecule has 5 rings (SSSR count). The zero-order valence-corrected chi connectivity index (χ0v) is 21.1. The fraction of sp³-hybridized carbons (Fsp3) is 0.0625. The van der Waals surface area contributed by atoms with Gasteiger partial charge in [-0.1, -0.05) is 121 Å². The second-order valence-electron chi connectivity index (χ2n) is 8.98. The van der Waals surface area contributed by atoms with Crippen molar-refractivity contribution in [1.82, 2.24) is 0 Å². The molecule has 4 nitrogen and oxygen atoms in total. The standard InChI is InChI=1S/C32H27O4P/c33-37(34,35)36-31-13-7-12-30(28-18-14-26(15-19-28)22-24-8-3-1-4-9-24)32(31)29-20-16-27(17-21-29)23-25-10-5-2-6-11-25/h1-21H,22-23H2,(H2,33,34,35). The average Bonchev–Trinajstić information content (AvgIpc) is 2.90. The van der Waals surface area contributed by atoms with Gasteiger partial charge in [0.2, 0.25) is 0 Å². The summed E-state index contributed by atoms with van der Waals surface area (Å²) in [6, 6.07) is 42.1. The molecule has 2 N–H and O–H groups in total. The van der Waals surface area contributed by atoms with Gasteiger partial charge in [-0.25, -0.2) is 4.57 Å². The number of hydrogen-bond donors (Lipinski definition) is 2. The zero-order chi connectivity index (χ0) is 25.7. The molecule has 0 aliphatic heterocycles. The molecule has 5 aromatic rings. The number of phosphoric acid groups is 1. The maximum absolute atomic E-state index is 11.8. The summed E-state index contributed by atoms with van der Waals surface area (Å²) in [5.74, 6) is 0.148. The Bertz CT molecular complexity index is 1510. The predicted molar refractivity (Wildman–Crippen MR) is 148 cm³/mol. The Morgan fingerprint density at radius 1 is 0.514 bits per heavy atom. The number of hydrogen-bond acceptors (Lipinski definition) is 2. The fourth-order valence-corrected chi connectivity index (χ4v) is 4.94. The van der Waals surface area contributed by atoms with Crippen LogP contribution in [0.25, 0.3) is 22.3 Å². The van der Waals surface area contributed by atoms with E-state index in [9.17, 15) is 14.4 Å². The van der Waals surface area contributed by atoms with Crippen molar-refractivity contribution < 1.29 is 18.9 Å². The molecule has 0 fully saturated rings. The van der Waals surface area contributed by atoms with E-state index in [1.165, 1.54) is 16.7 Å². The second kappa shape index (κ2) is 11.0. The van der Waals surface area contributed by atoms with Crippen LogP contribution in [0.2, 0.25) is 0 Å². The quantitative estimate of drug-likeness (QED) is 0.212. The normalized spacial score (nSPS) is 11.3. The maximum atomic E-state index is 11.8. The maximum Gasteiger partial charge on any atom is 0.524 e. The van der Waals surface area contributed by atoms with Crippen LogP contribution in [0, 0.1) is 0 Å². The molecule has 0 aromatic heterocycles. The number of benzene rings is 5. The van der Waals surface area contributed by atoms with Crippen LogP contribution in [-0.2, 0) is 17.4 Å². The minimum Gasteiger partial charge on any atom is -0.404 e. The van der Waals surface area contributed by atoms with Crippen molar-refractivity contribution in [3.63, 3.8) is 0 Å². The van der Waals surface area contributed by atoms with E-state index in [2.05, 4.69) is 36.4 Å². The van der Waals surface area contributed by atoms with E-state index in [0.29, 0.717) is 5.56 Å². The van der Waals surface area contributed by atoms with Crippen LogP contribution in [-0.4, -0.2) is 9.79 Å². The second-order valence-corrected chi connectivity index (χ2v) is 10.1. The summed E-state index contributed by atoms with van der Waals surface area (Å²) in [7, 11) is -4.75. The summed E-state index contributed by atoms with van der Waals surface area (Å²) >= 11 is 0. The third-order valence-corrected chi connectivity index (χ3v) is 6.69. The summed E-state index contributed by atoms with van der Waals surface area (Å²) in [6.07, 6.45) is 1.63. The molecule has 184 valence electrons. The molecule has 0 aliphatic rings. The third kappa shape index (κ3) is 6.44. The highest BCUT2D eigenvalue weighted by Gasteiger charge is 2.21. The highest BCUT2D eigenvalue weighted by atomic mass is 31.2. The third-order valence-electron chi connectivity index (χ3n) is 6.25. The van der Waals surface area contributed by atoms with Crippen molar-refractivity contribution in [2.45, 2.75) is 12.8 Å². The Morgan fingerprint density at radius 2 is 0.973 bits per heavy atom. The van der Waals surface area contributed by atoms with E-state index in [1.54, 1.807) is 12.1 Å². The first-order chi connectivity index (χ1) is 17.9. The lowest BCUT2D eigenvalue weighted by atomic mass is 9.92. The number of phosphoric ester groups is 1. The van der Waals surface area contributed by atoms with Crippen LogP contribution in [0.5, 0.6) is 5.75 Å². The molecule has 5 heteroatoms. The molecule has 0 aliphatic carbocycles. The first-order valence-electron chi connectivity index (χ1n) is 12.1. The van der Waals surface area contributed by atoms with Crippen molar-refractivity contribution in [2.24, 2.45) is 0 Å². The first-order valence-corrected chi connectivity index (χ1v) is 13.6. The molecule has 0 atom stereocenters. The van der Waals surface area contributed by atoms with Gasteiger partial charge in [-0.3, -0.25) is 9.79 Å². The van der Waals surface area contributed by atoms with Gasteiger partial charge in [0.1, 0.15) is 5.75 Å². The van der Waals surface area contributed by atoms with Gasteiger partial charge in [0, 0.05) is 5.56 Å². The monoisotopic (exact) mass is 506 g/mol. The molecule has 5 aromatic carbocycles. The highest BCUT2D eigenvalue weighted by molar-refractivity contribution is 7.46. The van der Waals surface area contributed by atoms with Crippen LogP contribution in [0.3, 0.4) is 0 Å². The van der Waals surface area contributed by atoms with E-state index in [-0.39, 0.29) is 5.75 Å². The molecule has 0 amide bonds. The van der Waals surface area contributed by atoms with Gasteiger partial charge in [0.25, 0.3) is 0 Å². The molecule has 0 unspecified atom stereocenters. The average molecular weight is 507 g/mol. The molecule has 37 heavy (non-hydrogen) atoms. The minimum atomic E-state index is -4.75. The van der Waals surface area contributed by atoms with Crippen LogP contribution < -0.4 is 4.52 Å². The summed E-state index contributed by atoms with van der Waals surface area (Å²) in [4.78, 5) is 19.2. The Labute approximate surface area is 217 Å². The molecule has 0 saturated carbocycles.